The monoisotopic (exact) mass is 390 g/mol. The maximum absolute atomic E-state index is 12.8. The topological polar surface area (TPSA) is 66.5 Å². The molecule has 5 nitrogen and oxygen atoms in total. The summed E-state index contributed by atoms with van der Waals surface area (Å²) in [6.07, 6.45) is 0. The van der Waals surface area contributed by atoms with Crippen LogP contribution >= 0.6 is 11.8 Å². The molecule has 1 heterocycles. The zero-order chi connectivity index (χ0) is 19.1. The second-order valence-corrected chi connectivity index (χ2v) is 9.83. The maximum atomic E-state index is 12.8. The van der Waals surface area contributed by atoms with Gasteiger partial charge in [-0.3, -0.25) is 9.52 Å². The zero-order valence-corrected chi connectivity index (χ0v) is 16.9. The Morgan fingerprint density at radius 1 is 1.15 bits per heavy atom. The molecule has 0 radical (unpaired) electrons. The van der Waals surface area contributed by atoms with Crippen LogP contribution in [0.5, 0.6) is 0 Å². The van der Waals surface area contributed by atoms with Gasteiger partial charge in [-0.1, -0.05) is 13.0 Å². The van der Waals surface area contributed by atoms with Gasteiger partial charge in [-0.05, 0) is 55.3 Å². The van der Waals surface area contributed by atoms with E-state index in [9.17, 15) is 13.2 Å². The van der Waals surface area contributed by atoms with E-state index in [1.165, 1.54) is 6.92 Å². The lowest BCUT2D eigenvalue weighted by Crippen LogP contribution is -2.37. The maximum Gasteiger partial charge on any atom is 0.261 e. The van der Waals surface area contributed by atoms with Crippen LogP contribution in [-0.2, 0) is 14.8 Å². The van der Waals surface area contributed by atoms with Crippen LogP contribution in [0.15, 0.2) is 46.2 Å². The molecule has 1 N–H and O–H groups in total. The van der Waals surface area contributed by atoms with E-state index in [0.717, 1.165) is 16.0 Å². The Bertz CT molecular complexity index is 950. The Labute approximate surface area is 158 Å². The van der Waals surface area contributed by atoms with E-state index in [0.29, 0.717) is 17.9 Å². The van der Waals surface area contributed by atoms with Gasteiger partial charge in [-0.15, -0.1) is 11.8 Å². The van der Waals surface area contributed by atoms with Gasteiger partial charge in [0.25, 0.3) is 10.0 Å². The van der Waals surface area contributed by atoms with Gasteiger partial charge in [0.15, 0.2) is 0 Å². The van der Waals surface area contributed by atoms with Crippen LogP contribution in [0.2, 0.25) is 0 Å². The minimum atomic E-state index is -3.74. The molecule has 1 amide bonds. The number of nitrogens with one attached hydrogen (secondary N) is 1. The zero-order valence-electron chi connectivity index (χ0n) is 15.2. The van der Waals surface area contributed by atoms with Crippen LogP contribution in [0.3, 0.4) is 0 Å². The van der Waals surface area contributed by atoms with Crippen molar-refractivity contribution in [3.8, 4) is 0 Å². The highest BCUT2D eigenvalue weighted by molar-refractivity contribution is 8.00. The van der Waals surface area contributed by atoms with E-state index in [4.69, 9.17) is 0 Å². The summed E-state index contributed by atoms with van der Waals surface area (Å²) in [6.45, 7) is 7.97. The molecule has 0 saturated carbocycles. The quantitative estimate of drug-likeness (QED) is 0.862. The van der Waals surface area contributed by atoms with Crippen molar-refractivity contribution in [3.05, 3.63) is 47.5 Å². The van der Waals surface area contributed by atoms with Crippen LogP contribution in [0.4, 0.5) is 11.4 Å². The smallest absolute Gasteiger partial charge is 0.261 e. The first-order valence-corrected chi connectivity index (χ1v) is 10.7. The second kappa shape index (κ2) is 6.96. The normalized spacial score (nSPS) is 16.9. The van der Waals surface area contributed by atoms with Gasteiger partial charge in [-0.25, -0.2) is 8.42 Å². The van der Waals surface area contributed by atoms with Crippen molar-refractivity contribution >= 4 is 39.1 Å². The lowest BCUT2D eigenvalue weighted by molar-refractivity contribution is -0.116. The summed E-state index contributed by atoms with van der Waals surface area (Å²) in [5.74, 6) is -0.0878. The minimum absolute atomic E-state index is 0.0878. The highest BCUT2D eigenvalue weighted by Gasteiger charge is 2.27. The van der Waals surface area contributed by atoms with Crippen LogP contribution < -0.4 is 9.62 Å². The van der Waals surface area contributed by atoms with E-state index >= 15 is 0 Å². The first-order valence-electron chi connectivity index (χ1n) is 8.35. The van der Waals surface area contributed by atoms with Gasteiger partial charge < -0.3 is 4.90 Å². The van der Waals surface area contributed by atoms with Gasteiger partial charge in [0.1, 0.15) is 0 Å². The Morgan fingerprint density at radius 3 is 2.42 bits per heavy atom. The summed E-state index contributed by atoms with van der Waals surface area (Å²) in [4.78, 5) is 14.7. The molecular formula is C19H22N2O3S2. The third-order valence-corrected chi connectivity index (χ3v) is 6.68. The van der Waals surface area contributed by atoms with E-state index < -0.39 is 10.0 Å². The van der Waals surface area contributed by atoms with Crippen molar-refractivity contribution < 1.29 is 13.2 Å². The Hall–Kier alpha value is -1.99. The molecule has 0 saturated heterocycles. The number of hydrogen-bond donors (Lipinski definition) is 1. The van der Waals surface area contributed by atoms with Gasteiger partial charge in [0.2, 0.25) is 5.91 Å². The molecule has 1 atom stereocenters. The van der Waals surface area contributed by atoms with Gasteiger partial charge in [-0.2, -0.15) is 0 Å². The first-order chi connectivity index (χ1) is 12.2. The minimum Gasteiger partial charge on any atom is -0.310 e. The fraction of sp³-hybridized carbons (Fsp3) is 0.316. The fourth-order valence-corrected chi connectivity index (χ4v) is 5.28. The highest BCUT2D eigenvalue weighted by Crippen LogP contribution is 2.39. The molecule has 1 aliphatic rings. The molecular weight excluding hydrogens is 368 g/mol. The van der Waals surface area contributed by atoms with Crippen molar-refractivity contribution in [3.63, 3.8) is 0 Å². The van der Waals surface area contributed by atoms with E-state index in [1.54, 1.807) is 47.0 Å². The Morgan fingerprint density at radius 2 is 1.81 bits per heavy atom. The van der Waals surface area contributed by atoms with Crippen LogP contribution in [0.1, 0.15) is 25.0 Å². The summed E-state index contributed by atoms with van der Waals surface area (Å²) >= 11 is 1.65. The number of anilines is 2. The SMILES string of the molecule is CC(=O)N1C[C@H](C)Sc2ccc(S(=O)(=O)Nc3cc(C)cc(C)c3)cc21. The lowest BCUT2D eigenvalue weighted by atomic mass is 10.1. The highest BCUT2D eigenvalue weighted by atomic mass is 32.2. The predicted octanol–water partition coefficient (Wildman–Crippen LogP) is 3.95. The largest absolute Gasteiger partial charge is 0.310 e. The molecule has 2 aromatic carbocycles. The summed E-state index contributed by atoms with van der Waals surface area (Å²) in [5, 5.41) is 0.266. The van der Waals surface area contributed by atoms with Gasteiger partial charge >= 0.3 is 0 Å². The second-order valence-electron chi connectivity index (χ2n) is 6.67. The van der Waals surface area contributed by atoms with Crippen molar-refractivity contribution in [2.24, 2.45) is 0 Å². The molecule has 0 aromatic heterocycles. The average Bonchev–Trinajstić information content (AvgIpc) is 2.51. The lowest BCUT2D eigenvalue weighted by Gasteiger charge is -2.32. The van der Waals surface area contributed by atoms with Crippen LogP contribution in [0, 0.1) is 13.8 Å². The number of aryl methyl sites for hydroxylation is 2. The third kappa shape index (κ3) is 3.88. The number of carbonyl (C=O) groups is 1. The molecule has 138 valence electrons. The first kappa shape index (κ1) is 18.8. The summed E-state index contributed by atoms with van der Waals surface area (Å²) < 4.78 is 28.3. The predicted molar refractivity (Wildman–Crippen MR) is 107 cm³/mol. The van der Waals surface area contributed by atoms with Crippen molar-refractivity contribution in [1.82, 2.24) is 0 Å². The molecule has 0 fully saturated rings. The number of rotatable bonds is 3. The van der Waals surface area contributed by atoms with Crippen molar-refractivity contribution in [2.75, 3.05) is 16.2 Å². The number of carbonyl (C=O) groups excluding carboxylic acids is 1. The van der Waals surface area contributed by atoms with E-state index in [1.807, 2.05) is 19.9 Å². The molecule has 26 heavy (non-hydrogen) atoms. The standard InChI is InChI=1S/C19H22N2O3S2/c1-12-7-13(2)9-16(8-12)20-26(23,24)17-5-6-19-18(10-17)21(15(4)22)11-14(3)25-19/h5-10,14,20H,11H2,1-4H3/t14-/m0/s1. The van der Waals surface area contributed by atoms with Crippen LogP contribution in [0.25, 0.3) is 0 Å². The molecule has 0 bridgehead atoms. The van der Waals surface area contributed by atoms with E-state index in [-0.39, 0.29) is 16.1 Å². The number of amides is 1. The number of fused-ring (bicyclic) bond motifs is 1. The number of benzene rings is 2. The molecule has 0 spiro atoms. The van der Waals surface area contributed by atoms with Crippen LogP contribution in [-0.4, -0.2) is 26.1 Å². The van der Waals surface area contributed by atoms with Crippen molar-refractivity contribution in [1.29, 1.82) is 0 Å². The average molecular weight is 391 g/mol. The van der Waals surface area contributed by atoms with Crippen molar-refractivity contribution in [2.45, 2.75) is 42.7 Å². The number of sulfonamides is 1. The fourth-order valence-electron chi connectivity index (χ4n) is 3.13. The summed E-state index contributed by atoms with van der Waals surface area (Å²) in [5.41, 5.74) is 3.16. The van der Waals surface area contributed by atoms with Gasteiger partial charge in [0.05, 0.1) is 10.6 Å². The summed E-state index contributed by atoms with van der Waals surface area (Å²) in [7, 11) is -3.74. The molecule has 2 aromatic rings. The summed E-state index contributed by atoms with van der Waals surface area (Å²) in [6, 6.07) is 10.5. The number of nitrogens with zero attached hydrogens (tertiary/aromatic N) is 1. The number of hydrogen-bond acceptors (Lipinski definition) is 4. The van der Waals surface area contributed by atoms with Gasteiger partial charge in [0, 0.05) is 29.3 Å². The molecule has 3 rings (SSSR count). The third-order valence-electron chi connectivity index (χ3n) is 4.15. The Kier molecular flexibility index (Phi) is 5.03. The molecule has 7 heteroatoms. The molecule has 0 aliphatic carbocycles. The number of thioether (sulfide) groups is 1. The molecule has 0 unspecified atom stereocenters. The Balaban J connectivity index is 1.98. The molecule has 1 aliphatic heterocycles. The van der Waals surface area contributed by atoms with E-state index in [2.05, 4.69) is 11.6 Å².